The van der Waals surface area contributed by atoms with Crippen molar-refractivity contribution in [2.45, 2.75) is 45.2 Å². The summed E-state index contributed by atoms with van der Waals surface area (Å²) in [5, 5.41) is 6.68. The van der Waals surface area contributed by atoms with Crippen LogP contribution in [0, 0.1) is 5.92 Å². The molecule has 3 rings (SSSR count). The van der Waals surface area contributed by atoms with Gasteiger partial charge in [-0.15, -0.1) is 0 Å². The van der Waals surface area contributed by atoms with E-state index in [9.17, 15) is 9.59 Å². The molecule has 1 N–H and O–H groups in total. The summed E-state index contributed by atoms with van der Waals surface area (Å²) in [5.74, 6) is -0.0750. The normalized spacial score (nSPS) is 21.1. The Hall–Kier alpha value is -2.51. The first-order valence-corrected chi connectivity index (χ1v) is 7.78. The first-order chi connectivity index (χ1) is 11.1. The smallest absolute Gasteiger partial charge is 0.352 e. The summed E-state index contributed by atoms with van der Waals surface area (Å²) in [5.41, 5.74) is 0. The highest BCUT2D eigenvalue weighted by Crippen LogP contribution is 2.23. The van der Waals surface area contributed by atoms with Gasteiger partial charge in [-0.3, -0.25) is 9.32 Å². The monoisotopic (exact) mass is 317 g/mol. The van der Waals surface area contributed by atoms with E-state index in [-0.39, 0.29) is 30.1 Å². The molecule has 0 aromatic carbocycles. The summed E-state index contributed by atoms with van der Waals surface area (Å²) >= 11 is 0. The largest absolute Gasteiger partial charge is 0.442 e. The van der Waals surface area contributed by atoms with Crippen molar-refractivity contribution in [3.8, 4) is 11.6 Å². The van der Waals surface area contributed by atoms with Crippen molar-refractivity contribution < 1.29 is 9.32 Å². The molecule has 23 heavy (non-hydrogen) atoms. The number of carbonyl (C=O) groups excluding carboxylic acids is 1. The molecule has 1 amide bonds. The molecule has 0 saturated heterocycles. The maximum absolute atomic E-state index is 12.3. The van der Waals surface area contributed by atoms with Crippen molar-refractivity contribution in [1.82, 2.24) is 25.0 Å². The van der Waals surface area contributed by atoms with Gasteiger partial charge in [0.25, 0.3) is 0 Å². The number of hydrogen-bond donors (Lipinski definition) is 1. The van der Waals surface area contributed by atoms with Gasteiger partial charge in [0, 0.05) is 18.4 Å². The molecule has 2 aromatic rings. The SMILES string of the molecule is CC1CCCCC1NC(=O)Cn1c(-c2ncccn2)noc1=O. The number of amides is 1. The Kier molecular flexibility index (Phi) is 4.50. The lowest BCUT2D eigenvalue weighted by Crippen LogP contribution is -2.43. The maximum Gasteiger partial charge on any atom is 0.442 e. The second kappa shape index (κ2) is 6.72. The van der Waals surface area contributed by atoms with Crippen LogP contribution in [-0.2, 0) is 11.3 Å². The van der Waals surface area contributed by atoms with Gasteiger partial charge in [0.1, 0.15) is 6.54 Å². The predicted octanol–water partition coefficient (Wildman–Crippen LogP) is 0.988. The molecular weight excluding hydrogens is 298 g/mol. The Bertz CT molecular complexity index is 724. The highest BCUT2D eigenvalue weighted by Gasteiger charge is 2.24. The molecule has 1 saturated carbocycles. The maximum atomic E-state index is 12.3. The molecule has 0 bridgehead atoms. The molecule has 0 radical (unpaired) electrons. The van der Waals surface area contributed by atoms with E-state index in [2.05, 4.69) is 31.9 Å². The van der Waals surface area contributed by atoms with Crippen LogP contribution in [0.25, 0.3) is 11.6 Å². The zero-order valence-corrected chi connectivity index (χ0v) is 12.9. The lowest BCUT2D eigenvalue weighted by atomic mass is 9.86. The van der Waals surface area contributed by atoms with E-state index in [1.54, 1.807) is 6.07 Å². The third-order valence-electron chi connectivity index (χ3n) is 4.21. The molecule has 1 aliphatic rings. The molecule has 8 heteroatoms. The average molecular weight is 317 g/mol. The minimum Gasteiger partial charge on any atom is -0.352 e. The van der Waals surface area contributed by atoms with Gasteiger partial charge in [0.2, 0.25) is 11.7 Å². The topological polar surface area (TPSA) is 103 Å². The zero-order chi connectivity index (χ0) is 16.2. The molecule has 0 aliphatic heterocycles. The molecule has 2 unspecified atom stereocenters. The molecule has 122 valence electrons. The Morgan fingerprint density at radius 3 is 2.83 bits per heavy atom. The third-order valence-corrected chi connectivity index (χ3v) is 4.21. The lowest BCUT2D eigenvalue weighted by molar-refractivity contribution is -0.123. The first-order valence-electron chi connectivity index (χ1n) is 7.78. The van der Waals surface area contributed by atoms with Crippen LogP contribution in [0.2, 0.25) is 0 Å². The fraction of sp³-hybridized carbons (Fsp3) is 0.533. The Morgan fingerprint density at radius 2 is 2.09 bits per heavy atom. The van der Waals surface area contributed by atoms with E-state index in [0.717, 1.165) is 23.8 Å². The predicted molar refractivity (Wildman–Crippen MR) is 81.4 cm³/mol. The zero-order valence-electron chi connectivity index (χ0n) is 12.9. The standard InChI is InChI=1S/C15H19N5O3/c1-10-5-2-3-6-11(10)18-12(21)9-20-14(19-23-15(20)22)13-16-7-4-8-17-13/h4,7-8,10-11H,2-3,5-6,9H2,1H3,(H,18,21). The van der Waals surface area contributed by atoms with E-state index >= 15 is 0 Å². The van der Waals surface area contributed by atoms with Crippen molar-refractivity contribution in [2.24, 2.45) is 5.92 Å². The second-order valence-corrected chi connectivity index (χ2v) is 5.87. The lowest BCUT2D eigenvalue weighted by Gasteiger charge is -2.29. The van der Waals surface area contributed by atoms with E-state index < -0.39 is 5.76 Å². The number of aromatic nitrogens is 4. The number of hydrogen-bond acceptors (Lipinski definition) is 6. The van der Waals surface area contributed by atoms with Crippen LogP contribution in [0.5, 0.6) is 0 Å². The summed E-state index contributed by atoms with van der Waals surface area (Å²) in [6.07, 6.45) is 7.48. The third kappa shape index (κ3) is 3.46. The van der Waals surface area contributed by atoms with Crippen LogP contribution in [0.15, 0.2) is 27.8 Å². The second-order valence-electron chi connectivity index (χ2n) is 5.87. The molecule has 1 aliphatic carbocycles. The average Bonchev–Trinajstić information content (AvgIpc) is 2.91. The Morgan fingerprint density at radius 1 is 1.35 bits per heavy atom. The number of rotatable bonds is 4. The van der Waals surface area contributed by atoms with Gasteiger partial charge in [-0.1, -0.05) is 24.9 Å². The molecule has 8 nitrogen and oxygen atoms in total. The van der Waals surface area contributed by atoms with Gasteiger partial charge >= 0.3 is 5.76 Å². The van der Waals surface area contributed by atoms with Gasteiger partial charge in [0.05, 0.1) is 0 Å². The van der Waals surface area contributed by atoms with Crippen molar-refractivity contribution in [3.63, 3.8) is 0 Å². The van der Waals surface area contributed by atoms with Crippen LogP contribution >= 0.6 is 0 Å². The highest BCUT2D eigenvalue weighted by atomic mass is 16.5. The van der Waals surface area contributed by atoms with Crippen molar-refractivity contribution >= 4 is 5.91 Å². The van der Waals surface area contributed by atoms with Gasteiger partial charge in [-0.25, -0.2) is 19.3 Å². The van der Waals surface area contributed by atoms with Crippen molar-refractivity contribution in [3.05, 3.63) is 29.0 Å². The number of nitrogens with zero attached hydrogens (tertiary/aromatic N) is 4. The van der Waals surface area contributed by atoms with Crippen molar-refractivity contribution in [1.29, 1.82) is 0 Å². The van der Waals surface area contributed by atoms with Gasteiger partial charge in [-0.2, -0.15) is 0 Å². The quantitative estimate of drug-likeness (QED) is 0.902. The minimum absolute atomic E-state index is 0.154. The highest BCUT2D eigenvalue weighted by molar-refractivity contribution is 5.76. The first kappa shape index (κ1) is 15.4. The van der Waals surface area contributed by atoms with Gasteiger partial charge in [-0.05, 0) is 24.8 Å². The molecule has 2 atom stereocenters. The molecule has 0 spiro atoms. The van der Waals surface area contributed by atoms with Crippen molar-refractivity contribution in [2.75, 3.05) is 0 Å². The van der Waals surface area contributed by atoms with E-state index in [1.807, 2.05) is 0 Å². The van der Waals surface area contributed by atoms with Gasteiger partial charge < -0.3 is 5.32 Å². The summed E-state index contributed by atoms with van der Waals surface area (Å²) in [6, 6.07) is 1.81. The number of nitrogens with one attached hydrogen (secondary N) is 1. The van der Waals surface area contributed by atoms with E-state index in [0.29, 0.717) is 5.92 Å². The fourth-order valence-corrected chi connectivity index (χ4v) is 2.91. The van der Waals surface area contributed by atoms with Crippen LogP contribution in [0.3, 0.4) is 0 Å². The van der Waals surface area contributed by atoms with E-state index in [4.69, 9.17) is 0 Å². The summed E-state index contributed by atoms with van der Waals surface area (Å²) in [6.45, 7) is 1.98. The summed E-state index contributed by atoms with van der Waals surface area (Å²) in [7, 11) is 0. The van der Waals surface area contributed by atoms with Crippen LogP contribution in [-0.4, -0.2) is 31.6 Å². The van der Waals surface area contributed by atoms with Crippen LogP contribution < -0.4 is 11.1 Å². The molecular formula is C15H19N5O3. The summed E-state index contributed by atoms with van der Waals surface area (Å²) in [4.78, 5) is 32.1. The molecule has 2 aromatic heterocycles. The minimum atomic E-state index is -0.695. The van der Waals surface area contributed by atoms with Crippen LogP contribution in [0.4, 0.5) is 0 Å². The number of carbonyl (C=O) groups is 1. The fourth-order valence-electron chi connectivity index (χ4n) is 2.91. The van der Waals surface area contributed by atoms with Gasteiger partial charge in [0.15, 0.2) is 5.82 Å². The Labute approximate surface area is 132 Å². The Balaban J connectivity index is 1.74. The van der Waals surface area contributed by atoms with Crippen LogP contribution in [0.1, 0.15) is 32.6 Å². The molecule has 1 fully saturated rings. The molecule has 2 heterocycles. The van der Waals surface area contributed by atoms with E-state index in [1.165, 1.54) is 18.8 Å². The summed E-state index contributed by atoms with van der Waals surface area (Å²) < 4.78 is 5.81.